The van der Waals surface area contributed by atoms with Crippen LogP contribution in [0.2, 0.25) is 5.15 Å². The van der Waals surface area contributed by atoms with Gasteiger partial charge >= 0.3 is 6.18 Å². The highest BCUT2D eigenvalue weighted by molar-refractivity contribution is 6.29. The lowest BCUT2D eigenvalue weighted by atomic mass is 10.3. The van der Waals surface area contributed by atoms with Crippen molar-refractivity contribution in [2.24, 2.45) is 0 Å². The summed E-state index contributed by atoms with van der Waals surface area (Å²) in [6.45, 7) is -0.212. The lowest BCUT2D eigenvalue weighted by molar-refractivity contribution is -0.144. The maximum absolute atomic E-state index is 12.4. The number of alkyl halides is 3. The molecule has 0 spiro atoms. The van der Waals surface area contributed by atoms with Crippen LogP contribution in [0, 0.1) is 0 Å². The maximum Gasteiger partial charge on any atom is 0.451 e. The van der Waals surface area contributed by atoms with Gasteiger partial charge in [0.2, 0.25) is 5.82 Å². The van der Waals surface area contributed by atoms with E-state index in [0.717, 1.165) is 6.07 Å². The average molecular weight is 286 g/mol. The molecule has 0 aliphatic heterocycles. The predicted molar refractivity (Wildman–Crippen MR) is 58.4 cm³/mol. The van der Waals surface area contributed by atoms with Crippen LogP contribution in [-0.2, 0) is 10.9 Å². The number of hydrogen-bond donors (Lipinski definition) is 2. The number of hydrogen-bond acceptors (Lipinski definition) is 5. The van der Waals surface area contributed by atoms with E-state index >= 15 is 0 Å². The van der Waals surface area contributed by atoms with Gasteiger partial charge in [-0.05, 0) is 0 Å². The van der Waals surface area contributed by atoms with Gasteiger partial charge < -0.3 is 15.2 Å². The molecule has 0 saturated heterocycles. The van der Waals surface area contributed by atoms with Crippen LogP contribution in [0.3, 0.4) is 0 Å². The molecule has 1 atom stereocenters. The number of aromatic nitrogens is 2. The molecule has 5 nitrogen and oxygen atoms in total. The second-order valence-electron chi connectivity index (χ2n) is 3.38. The second kappa shape index (κ2) is 6.17. The van der Waals surface area contributed by atoms with E-state index in [2.05, 4.69) is 15.3 Å². The Morgan fingerprint density at radius 2 is 2.17 bits per heavy atom. The minimum Gasteiger partial charge on any atom is -0.394 e. The number of halogens is 4. The standard InChI is InChI=1S/C9H11ClF3N3O2/c1-18-4-5(3-17)14-7-2-6(10)15-8(16-7)9(11,12)13/h2,5,17H,3-4H2,1H3,(H,14,15,16). The summed E-state index contributed by atoms with van der Waals surface area (Å²) in [5.74, 6) is -1.47. The van der Waals surface area contributed by atoms with Crippen molar-refractivity contribution in [2.45, 2.75) is 12.2 Å². The molecule has 1 unspecified atom stereocenters. The van der Waals surface area contributed by atoms with Crippen LogP contribution in [0.25, 0.3) is 0 Å². The molecule has 0 saturated carbocycles. The molecule has 1 rings (SSSR count). The fourth-order valence-corrected chi connectivity index (χ4v) is 1.35. The molecular formula is C9H11ClF3N3O2. The highest BCUT2D eigenvalue weighted by Crippen LogP contribution is 2.28. The van der Waals surface area contributed by atoms with Gasteiger partial charge in [0.05, 0.1) is 19.3 Å². The SMILES string of the molecule is COCC(CO)Nc1cc(Cl)nc(C(F)(F)F)n1. The molecule has 9 heteroatoms. The Morgan fingerprint density at radius 3 is 2.67 bits per heavy atom. The first-order valence-electron chi connectivity index (χ1n) is 4.85. The molecule has 1 aromatic heterocycles. The van der Waals surface area contributed by atoms with E-state index in [-0.39, 0.29) is 24.2 Å². The highest BCUT2D eigenvalue weighted by Gasteiger charge is 2.35. The van der Waals surface area contributed by atoms with Crippen LogP contribution in [0.15, 0.2) is 6.07 Å². The van der Waals surface area contributed by atoms with Gasteiger partial charge in [-0.2, -0.15) is 13.2 Å². The third-order valence-electron chi connectivity index (χ3n) is 1.89. The van der Waals surface area contributed by atoms with Crippen LogP contribution < -0.4 is 5.32 Å². The Kier molecular flexibility index (Phi) is 5.12. The molecule has 0 fully saturated rings. The summed E-state index contributed by atoms with van der Waals surface area (Å²) < 4.78 is 42.1. The Hall–Kier alpha value is -1.12. The number of aliphatic hydroxyl groups excluding tert-OH is 1. The monoisotopic (exact) mass is 285 g/mol. The number of methoxy groups -OCH3 is 1. The van der Waals surface area contributed by atoms with Crippen molar-refractivity contribution in [3.63, 3.8) is 0 Å². The van der Waals surface area contributed by atoms with E-state index in [4.69, 9.17) is 21.4 Å². The Morgan fingerprint density at radius 1 is 1.50 bits per heavy atom. The van der Waals surface area contributed by atoms with Gasteiger partial charge in [-0.3, -0.25) is 0 Å². The Balaban J connectivity index is 2.92. The predicted octanol–water partition coefficient (Wildman–Crippen LogP) is 1.57. The van der Waals surface area contributed by atoms with Gasteiger partial charge in [-0.25, -0.2) is 9.97 Å². The lowest BCUT2D eigenvalue weighted by Crippen LogP contribution is -2.29. The first kappa shape index (κ1) is 14.9. The number of rotatable bonds is 5. The molecule has 18 heavy (non-hydrogen) atoms. The summed E-state index contributed by atoms with van der Waals surface area (Å²) in [6, 6.07) is 0.553. The van der Waals surface area contributed by atoms with Gasteiger partial charge in [0, 0.05) is 13.2 Å². The second-order valence-corrected chi connectivity index (χ2v) is 3.76. The quantitative estimate of drug-likeness (QED) is 0.804. The fourth-order valence-electron chi connectivity index (χ4n) is 1.17. The van der Waals surface area contributed by atoms with Crippen molar-refractivity contribution in [3.05, 3.63) is 17.0 Å². The van der Waals surface area contributed by atoms with Crippen molar-refractivity contribution in [1.29, 1.82) is 0 Å². The topological polar surface area (TPSA) is 67.3 Å². The third kappa shape index (κ3) is 4.28. The van der Waals surface area contributed by atoms with Crippen molar-refractivity contribution in [2.75, 3.05) is 25.6 Å². The van der Waals surface area contributed by atoms with Crippen molar-refractivity contribution >= 4 is 17.4 Å². The molecule has 0 radical (unpaired) electrons. The molecule has 1 heterocycles. The third-order valence-corrected chi connectivity index (χ3v) is 2.08. The van der Waals surface area contributed by atoms with E-state index in [9.17, 15) is 13.2 Å². The highest BCUT2D eigenvalue weighted by atomic mass is 35.5. The average Bonchev–Trinajstić information content (AvgIpc) is 2.26. The fraction of sp³-hybridized carbons (Fsp3) is 0.556. The summed E-state index contributed by atoms with van der Waals surface area (Å²) in [7, 11) is 1.40. The van der Waals surface area contributed by atoms with Crippen LogP contribution in [0.4, 0.5) is 19.0 Å². The molecule has 0 bridgehead atoms. The lowest BCUT2D eigenvalue weighted by Gasteiger charge is -2.16. The summed E-state index contributed by atoms with van der Waals surface area (Å²) >= 11 is 5.47. The number of aliphatic hydroxyl groups is 1. The summed E-state index contributed by atoms with van der Waals surface area (Å²) in [6.07, 6.45) is -4.68. The molecule has 0 amide bonds. The molecular weight excluding hydrogens is 275 g/mol. The van der Waals surface area contributed by atoms with E-state index in [1.807, 2.05) is 0 Å². The van der Waals surface area contributed by atoms with Crippen molar-refractivity contribution in [1.82, 2.24) is 9.97 Å². The molecule has 102 valence electrons. The van der Waals surface area contributed by atoms with Gasteiger partial charge in [-0.1, -0.05) is 11.6 Å². The maximum atomic E-state index is 12.4. The summed E-state index contributed by atoms with van der Waals surface area (Å²) in [4.78, 5) is 6.36. The largest absolute Gasteiger partial charge is 0.451 e. The van der Waals surface area contributed by atoms with Crippen LogP contribution in [0.1, 0.15) is 5.82 Å². The van der Waals surface area contributed by atoms with Crippen LogP contribution in [0.5, 0.6) is 0 Å². The Bertz CT molecular complexity index is 403. The Labute approximate surface area is 106 Å². The van der Waals surface area contributed by atoms with E-state index in [0.29, 0.717) is 0 Å². The van der Waals surface area contributed by atoms with E-state index in [1.165, 1.54) is 7.11 Å². The van der Waals surface area contributed by atoms with E-state index < -0.39 is 18.0 Å². The van der Waals surface area contributed by atoms with Gasteiger partial charge in [0.25, 0.3) is 0 Å². The number of anilines is 1. The smallest absolute Gasteiger partial charge is 0.394 e. The zero-order chi connectivity index (χ0) is 13.8. The summed E-state index contributed by atoms with van der Waals surface area (Å²) in [5, 5.41) is 11.2. The van der Waals surface area contributed by atoms with Gasteiger partial charge in [-0.15, -0.1) is 0 Å². The molecule has 1 aromatic rings. The minimum atomic E-state index is -4.68. The van der Waals surface area contributed by atoms with Crippen LogP contribution >= 0.6 is 11.6 Å². The number of ether oxygens (including phenoxy) is 1. The zero-order valence-electron chi connectivity index (χ0n) is 9.33. The first-order valence-corrected chi connectivity index (χ1v) is 5.22. The van der Waals surface area contributed by atoms with E-state index in [1.54, 1.807) is 0 Å². The normalized spacial score (nSPS) is 13.4. The van der Waals surface area contributed by atoms with Crippen molar-refractivity contribution < 1.29 is 23.0 Å². The first-order chi connectivity index (χ1) is 8.36. The van der Waals surface area contributed by atoms with Crippen molar-refractivity contribution in [3.8, 4) is 0 Å². The number of nitrogens with one attached hydrogen (secondary N) is 1. The summed E-state index contributed by atoms with van der Waals surface area (Å²) in [5.41, 5.74) is 0. The molecule has 0 aliphatic carbocycles. The minimum absolute atomic E-state index is 0.111. The van der Waals surface area contributed by atoms with Crippen LogP contribution in [-0.4, -0.2) is 41.4 Å². The van der Waals surface area contributed by atoms with Gasteiger partial charge in [0.15, 0.2) is 0 Å². The molecule has 0 aromatic carbocycles. The number of nitrogens with zero attached hydrogens (tertiary/aromatic N) is 2. The molecule has 2 N–H and O–H groups in total. The van der Waals surface area contributed by atoms with Gasteiger partial charge in [0.1, 0.15) is 11.0 Å². The zero-order valence-corrected chi connectivity index (χ0v) is 10.1. The molecule has 0 aliphatic rings.